The van der Waals surface area contributed by atoms with Crippen LogP contribution in [0.1, 0.15) is 16.1 Å². The molecule has 0 radical (unpaired) electrons. The SMILES string of the molecule is O=C(Nc1c(F)cccc1F)c1cncc(NCc2ccco2)c1. The topological polar surface area (TPSA) is 67.2 Å². The number of nitrogens with one attached hydrogen (secondary N) is 2. The third-order valence-corrected chi connectivity index (χ3v) is 3.25. The highest BCUT2D eigenvalue weighted by Gasteiger charge is 2.14. The molecule has 0 unspecified atom stereocenters. The molecule has 0 bridgehead atoms. The van der Waals surface area contributed by atoms with E-state index in [0.29, 0.717) is 12.2 Å². The molecule has 2 heterocycles. The van der Waals surface area contributed by atoms with E-state index in [4.69, 9.17) is 4.42 Å². The molecule has 0 spiro atoms. The van der Waals surface area contributed by atoms with Gasteiger partial charge in [0.2, 0.25) is 0 Å². The number of hydrogen-bond donors (Lipinski definition) is 2. The van der Waals surface area contributed by atoms with E-state index < -0.39 is 23.2 Å². The van der Waals surface area contributed by atoms with Gasteiger partial charge in [0.05, 0.1) is 24.1 Å². The summed E-state index contributed by atoms with van der Waals surface area (Å²) in [5, 5.41) is 5.26. The van der Waals surface area contributed by atoms with Gasteiger partial charge in [-0.1, -0.05) is 6.07 Å². The van der Waals surface area contributed by atoms with E-state index in [1.54, 1.807) is 18.4 Å². The smallest absolute Gasteiger partial charge is 0.257 e. The molecule has 0 aliphatic heterocycles. The Bertz CT molecular complexity index is 831. The minimum atomic E-state index is -0.844. The molecule has 3 rings (SSSR count). The zero-order valence-electron chi connectivity index (χ0n) is 12.4. The molecular weight excluding hydrogens is 316 g/mol. The minimum Gasteiger partial charge on any atom is -0.467 e. The molecule has 1 amide bonds. The van der Waals surface area contributed by atoms with Crippen LogP contribution in [0.25, 0.3) is 0 Å². The number of carbonyl (C=O) groups is 1. The van der Waals surface area contributed by atoms with Gasteiger partial charge in [-0.3, -0.25) is 9.78 Å². The molecule has 2 N–H and O–H groups in total. The summed E-state index contributed by atoms with van der Waals surface area (Å²) in [5.74, 6) is -1.63. The van der Waals surface area contributed by atoms with Crippen LogP contribution in [0, 0.1) is 11.6 Å². The molecule has 2 aromatic heterocycles. The van der Waals surface area contributed by atoms with Gasteiger partial charge in [-0.2, -0.15) is 0 Å². The Labute approximate surface area is 136 Å². The lowest BCUT2D eigenvalue weighted by Crippen LogP contribution is -2.15. The zero-order chi connectivity index (χ0) is 16.9. The summed E-state index contributed by atoms with van der Waals surface area (Å²) in [6.45, 7) is 0.418. The molecule has 0 aliphatic rings. The van der Waals surface area contributed by atoms with Gasteiger partial charge in [-0.25, -0.2) is 8.78 Å². The minimum absolute atomic E-state index is 0.169. The first-order valence-corrected chi connectivity index (χ1v) is 7.10. The first kappa shape index (κ1) is 15.7. The summed E-state index contributed by atoms with van der Waals surface area (Å²) < 4.78 is 32.4. The maximum atomic E-state index is 13.6. The highest BCUT2D eigenvalue weighted by atomic mass is 19.1. The van der Waals surface area contributed by atoms with Crippen LogP contribution in [0.5, 0.6) is 0 Å². The van der Waals surface area contributed by atoms with E-state index in [1.807, 2.05) is 0 Å². The average molecular weight is 329 g/mol. The van der Waals surface area contributed by atoms with Crippen molar-refractivity contribution < 1.29 is 18.0 Å². The van der Waals surface area contributed by atoms with Crippen molar-refractivity contribution in [2.75, 3.05) is 10.6 Å². The van der Waals surface area contributed by atoms with E-state index >= 15 is 0 Å². The second kappa shape index (κ2) is 6.91. The van der Waals surface area contributed by atoms with Crippen molar-refractivity contribution >= 4 is 17.3 Å². The summed E-state index contributed by atoms with van der Waals surface area (Å²) in [4.78, 5) is 16.1. The summed E-state index contributed by atoms with van der Waals surface area (Å²) in [6, 6.07) is 8.46. The standard InChI is InChI=1S/C17H13F2N3O2/c18-14-4-1-5-15(19)16(14)22-17(23)11-7-12(9-20-8-11)21-10-13-3-2-6-24-13/h1-9,21H,10H2,(H,22,23). The van der Waals surface area contributed by atoms with Crippen molar-refractivity contribution in [3.63, 3.8) is 0 Å². The van der Waals surface area contributed by atoms with Crippen LogP contribution in [-0.4, -0.2) is 10.9 Å². The predicted octanol–water partition coefficient (Wildman–Crippen LogP) is 3.82. The number of halogens is 2. The van der Waals surface area contributed by atoms with Crippen molar-refractivity contribution in [2.45, 2.75) is 6.54 Å². The van der Waals surface area contributed by atoms with Gasteiger partial charge in [0, 0.05) is 12.4 Å². The van der Waals surface area contributed by atoms with Gasteiger partial charge in [0.15, 0.2) is 0 Å². The number of anilines is 2. The van der Waals surface area contributed by atoms with Gasteiger partial charge in [0.25, 0.3) is 5.91 Å². The Kier molecular flexibility index (Phi) is 4.51. The molecule has 24 heavy (non-hydrogen) atoms. The van der Waals surface area contributed by atoms with Crippen LogP contribution >= 0.6 is 0 Å². The number of amides is 1. The number of pyridine rings is 1. The molecular formula is C17H13F2N3O2. The van der Waals surface area contributed by atoms with Gasteiger partial charge >= 0.3 is 0 Å². The lowest BCUT2D eigenvalue weighted by molar-refractivity contribution is 0.102. The largest absolute Gasteiger partial charge is 0.467 e. The molecule has 1 aromatic carbocycles. The van der Waals surface area contributed by atoms with Crippen molar-refractivity contribution in [1.29, 1.82) is 0 Å². The number of hydrogen-bond acceptors (Lipinski definition) is 4. The van der Waals surface area contributed by atoms with Gasteiger partial charge < -0.3 is 15.1 Å². The maximum Gasteiger partial charge on any atom is 0.257 e. The molecule has 5 nitrogen and oxygen atoms in total. The fourth-order valence-electron chi connectivity index (χ4n) is 2.07. The zero-order valence-corrected chi connectivity index (χ0v) is 12.4. The van der Waals surface area contributed by atoms with E-state index in [1.165, 1.54) is 24.5 Å². The average Bonchev–Trinajstić information content (AvgIpc) is 3.10. The third kappa shape index (κ3) is 3.57. The van der Waals surface area contributed by atoms with Crippen molar-refractivity contribution in [2.24, 2.45) is 0 Å². The normalized spacial score (nSPS) is 10.4. The molecule has 122 valence electrons. The summed E-state index contributed by atoms with van der Waals surface area (Å²) in [6.07, 6.45) is 4.40. The second-order valence-corrected chi connectivity index (χ2v) is 4.95. The first-order valence-electron chi connectivity index (χ1n) is 7.10. The number of rotatable bonds is 5. The number of carbonyl (C=O) groups excluding carboxylic acids is 1. The lowest BCUT2D eigenvalue weighted by atomic mass is 10.2. The Balaban J connectivity index is 1.72. The van der Waals surface area contributed by atoms with Gasteiger partial charge in [-0.05, 0) is 30.3 Å². The highest BCUT2D eigenvalue weighted by molar-refractivity contribution is 6.04. The molecule has 0 saturated carbocycles. The van der Waals surface area contributed by atoms with Crippen LogP contribution in [0.15, 0.2) is 59.5 Å². The van der Waals surface area contributed by atoms with Crippen molar-refractivity contribution in [3.05, 3.63) is 78.0 Å². The number of furan rings is 1. The highest BCUT2D eigenvalue weighted by Crippen LogP contribution is 2.19. The fourth-order valence-corrected chi connectivity index (χ4v) is 2.07. The number of para-hydroxylation sites is 1. The summed E-state index contributed by atoms with van der Waals surface area (Å²) in [7, 11) is 0. The Hall–Kier alpha value is -3.22. The van der Waals surface area contributed by atoms with Crippen LogP contribution in [-0.2, 0) is 6.54 Å². The molecule has 0 fully saturated rings. The van der Waals surface area contributed by atoms with Crippen LogP contribution in [0.4, 0.5) is 20.2 Å². The van der Waals surface area contributed by atoms with Crippen LogP contribution in [0.3, 0.4) is 0 Å². The second-order valence-electron chi connectivity index (χ2n) is 4.95. The van der Waals surface area contributed by atoms with Crippen LogP contribution in [0.2, 0.25) is 0 Å². The number of aromatic nitrogens is 1. The van der Waals surface area contributed by atoms with E-state index in [9.17, 15) is 13.6 Å². The van der Waals surface area contributed by atoms with E-state index in [2.05, 4.69) is 15.6 Å². The molecule has 0 saturated heterocycles. The maximum absolute atomic E-state index is 13.6. The number of benzene rings is 1. The van der Waals surface area contributed by atoms with E-state index in [0.717, 1.165) is 17.9 Å². The van der Waals surface area contributed by atoms with Crippen molar-refractivity contribution in [1.82, 2.24) is 4.98 Å². The molecule has 7 heteroatoms. The Morgan fingerprint density at radius 2 is 1.92 bits per heavy atom. The Morgan fingerprint density at radius 3 is 2.62 bits per heavy atom. The lowest BCUT2D eigenvalue weighted by Gasteiger charge is -2.09. The fraction of sp³-hybridized carbons (Fsp3) is 0.0588. The monoisotopic (exact) mass is 329 g/mol. The molecule has 0 atom stereocenters. The van der Waals surface area contributed by atoms with Crippen LogP contribution < -0.4 is 10.6 Å². The third-order valence-electron chi connectivity index (χ3n) is 3.25. The predicted molar refractivity (Wildman–Crippen MR) is 84.6 cm³/mol. The molecule has 0 aliphatic carbocycles. The van der Waals surface area contributed by atoms with E-state index in [-0.39, 0.29) is 5.56 Å². The summed E-state index contributed by atoms with van der Waals surface area (Å²) >= 11 is 0. The van der Waals surface area contributed by atoms with Gasteiger partial charge in [0.1, 0.15) is 23.1 Å². The van der Waals surface area contributed by atoms with Crippen molar-refractivity contribution in [3.8, 4) is 0 Å². The summed E-state index contributed by atoms with van der Waals surface area (Å²) in [5.41, 5.74) is 0.256. The molecule has 3 aromatic rings. The quantitative estimate of drug-likeness (QED) is 0.747. The van der Waals surface area contributed by atoms with Gasteiger partial charge in [-0.15, -0.1) is 0 Å². The first-order chi connectivity index (χ1) is 11.6. The number of nitrogens with zero attached hydrogens (tertiary/aromatic N) is 1. The Morgan fingerprint density at radius 1 is 1.12 bits per heavy atom.